The molecule has 1 rings (SSSR count). The Bertz CT molecular complexity index is 160. The third kappa shape index (κ3) is 4.52. The first-order chi connectivity index (χ1) is 7.13. The zero-order chi connectivity index (χ0) is 11.3. The van der Waals surface area contributed by atoms with Crippen molar-refractivity contribution >= 4 is 0 Å². The highest BCUT2D eigenvalue weighted by atomic mass is 15.1. The van der Waals surface area contributed by atoms with Crippen LogP contribution in [0.3, 0.4) is 0 Å². The summed E-state index contributed by atoms with van der Waals surface area (Å²) in [5.74, 6) is 1.71. The van der Waals surface area contributed by atoms with E-state index in [0.717, 1.165) is 18.4 Å². The van der Waals surface area contributed by atoms with Gasteiger partial charge in [-0.2, -0.15) is 0 Å². The summed E-state index contributed by atoms with van der Waals surface area (Å²) in [6.45, 7) is 14.2. The second kappa shape index (κ2) is 6.49. The van der Waals surface area contributed by atoms with Crippen molar-refractivity contribution in [3.05, 3.63) is 0 Å². The summed E-state index contributed by atoms with van der Waals surface area (Å²) in [7, 11) is 0. The highest BCUT2D eigenvalue weighted by Gasteiger charge is 2.23. The fourth-order valence-electron chi connectivity index (χ4n) is 2.64. The molecule has 15 heavy (non-hydrogen) atoms. The van der Waals surface area contributed by atoms with Crippen molar-refractivity contribution in [2.75, 3.05) is 26.2 Å². The molecule has 0 bridgehead atoms. The van der Waals surface area contributed by atoms with E-state index in [-0.39, 0.29) is 0 Å². The van der Waals surface area contributed by atoms with Crippen LogP contribution >= 0.6 is 0 Å². The topological polar surface area (TPSA) is 15.3 Å². The molecular formula is C13H28N2. The molecule has 1 atom stereocenters. The van der Waals surface area contributed by atoms with Crippen LogP contribution in [0.1, 0.15) is 40.5 Å². The minimum atomic E-state index is 0.705. The van der Waals surface area contributed by atoms with Gasteiger partial charge in [0.25, 0.3) is 0 Å². The van der Waals surface area contributed by atoms with Crippen molar-refractivity contribution in [1.82, 2.24) is 10.2 Å². The van der Waals surface area contributed by atoms with Crippen LogP contribution in [0.25, 0.3) is 0 Å². The molecule has 1 saturated heterocycles. The Hall–Kier alpha value is -0.0800. The number of hydrogen-bond acceptors (Lipinski definition) is 2. The molecule has 2 heteroatoms. The molecule has 0 spiro atoms. The molecule has 0 radical (unpaired) electrons. The summed E-state index contributed by atoms with van der Waals surface area (Å²) in [5.41, 5.74) is 0. The minimum absolute atomic E-state index is 0.705. The maximum absolute atomic E-state index is 3.55. The Morgan fingerprint density at radius 2 is 1.80 bits per heavy atom. The largest absolute Gasteiger partial charge is 0.314 e. The van der Waals surface area contributed by atoms with Gasteiger partial charge in [-0.25, -0.2) is 0 Å². The lowest BCUT2D eigenvalue weighted by atomic mass is 9.90. The smallest absolute Gasteiger partial charge is 0.00678 e. The van der Waals surface area contributed by atoms with E-state index in [1.807, 2.05) is 0 Å². The lowest BCUT2D eigenvalue weighted by Crippen LogP contribution is -2.42. The van der Waals surface area contributed by atoms with Crippen LogP contribution in [0.2, 0.25) is 0 Å². The van der Waals surface area contributed by atoms with Gasteiger partial charge in [0.1, 0.15) is 0 Å². The van der Waals surface area contributed by atoms with Crippen LogP contribution in [-0.2, 0) is 0 Å². The van der Waals surface area contributed by atoms with E-state index in [0.29, 0.717) is 6.04 Å². The van der Waals surface area contributed by atoms with Gasteiger partial charge < -0.3 is 10.2 Å². The van der Waals surface area contributed by atoms with Crippen molar-refractivity contribution in [1.29, 1.82) is 0 Å². The molecule has 0 saturated carbocycles. The molecule has 0 aromatic carbocycles. The van der Waals surface area contributed by atoms with E-state index < -0.39 is 0 Å². The third-order valence-corrected chi connectivity index (χ3v) is 3.49. The van der Waals surface area contributed by atoms with Crippen LogP contribution in [-0.4, -0.2) is 37.1 Å². The fraction of sp³-hybridized carbons (Fsp3) is 1.00. The van der Waals surface area contributed by atoms with Crippen LogP contribution in [0, 0.1) is 11.8 Å². The molecular weight excluding hydrogens is 184 g/mol. The highest BCUT2D eigenvalue weighted by molar-refractivity contribution is 4.79. The molecule has 1 aliphatic rings. The second-order valence-corrected chi connectivity index (χ2v) is 5.38. The van der Waals surface area contributed by atoms with Crippen LogP contribution < -0.4 is 5.32 Å². The average molecular weight is 212 g/mol. The van der Waals surface area contributed by atoms with Crippen LogP contribution in [0.15, 0.2) is 0 Å². The van der Waals surface area contributed by atoms with Gasteiger partial charge in [0.2, 0.25) is 0 Å². The molecule has 2 nitrogen and oxygen atoms in total. The number of rotatable bonds is 5. The van der Waals surface area contributed by atoms with Crippen molar-refractivity contribution in [3.63, 3.8) is 0 Å². The van der Waals surface area contributed by atoms with Crippen molar-refractivity contribution < 1.29 is 0 Å². The molecule has 1 heterocycles. The molecule has 90 valence electrons. The summed E-state index contributed by atoms with van der Waals surface area (Å²) in [4.78, 5) is 2.62. The number of piperidine rings is 1. The average Bonchev–Trinajstić information content (AvgIpc) is 2.18. The minimum Gasteiger partial charge on any atom is -0.314 e. The lowest BCUT2D eigenvalue weighted by Gasteiger charge is -2.35. The van der Waals surface area contributed by atoms with Gasteiger partial charge in [0.15, 0.2) is 0 Å². The number of nitrogens with zero attached hydrogens (tertiary/aromatic N) is 1. The van der Waals surface area contributed by atoms with Crippen molar-refractivity contribution in [3.8, 4) is 0 Å². The van der Waals surface area contributed by atoms with Gasteiger partial charge in [0, 0.05) is 12.6 Å². The van der Waals surface area contributed by atoms with E-state index in [2.05, 4.69) is 37.9 Å². The number of likely N-dealkylation sites (tertiary alicyclic amines) is 1. The van der Waals surface area contributed by atoms with E-state index >= 15 is 0 Å². The summed E-state index contributed by atoms with van der Waals surface area (Å²) in [6, 6.07) is 0.705. The zero-order valence-electron chi connectivity index (χ0n) is 10.9. The van der Waals surface area contributed by atoms with Crippen molar-refractivity contribution in [2.45, 2.75) is 46.6 Å². The summed E-state index contributed by atoms with van der Waals surface area (Å²) < 4.78 is 0. The van der Waals surface area contributed by atoms with E-state index in [9.17, 15) is 0 Å². The van der Waals surface area contributed by atoms with Crippen molar-refractivity contribution in [2.24, 2.45) is 11.8 Å². The Morgan fingerprint density at radius 3 is 2.27 bits per heavy atom. The standard InChI is InChI=1S/C13H28N2/c1-5-14-12(4)13-6-8-15(9-7-13)10-11(2)3/h11-14H,5-10H2,1-4H3. The molecule has 0 aromatic rings. The Morgan fingerprint density at radius 1 is 1.20 bits per heavy atom. The predicted octanol–water partition coefficient (Wildman–Crippen LogP) is 2.35. The monoisotopic (exact) mass is 212 g/mol. The summed E-state index contributed by atoms with van der Waals surface area (Å²) >= 11 is 0. The first-order valence-electron chi connectivity index (χ1n) is 6.59. The Balaban J connectivity index is 2.23. The molecule has 1 aliphatic heterocycles. The van der Waals surface area contributed by atoms with Gasteiger partial charge in [-0.15, -0.1) is 0 Å². The van der Waals surface area contributed by atoms with Crippen LogP contribution in [0.5, 0.6) is 0 Å². The molecule has 1 N–H and O–H groups in total. The summed E-state index contributed by atoms with van der Waals surface area (Å²) in [6.07, 6.45) is 2.75. The first kappa shape index (κ1) is 13.0. The first-order valence-corrected chi connectivity index (χ1v) is 6.59. The predicted molar refractivity (Wildman–Crippen MR) is 67.1 cm³/mol. The van der Waals surface area contributed by atoms with Crippen LogP contribution in [0.4, 0.5) is 0 Å². The van der Waals surface area contributed by atoms with E-state index in [4.69, 9.17) is 0 Å². The Kier molecular flexibility index (Phi) is 5.62. The maximum atomic E-state index is 3.55. The second-order valence-electron chi connectivity index (χ2n) is 5.38. The molecule has 1 fully saturated rings. The fourth-order valence-corrected chi connectivity index (χ4v) is 2.64. The molecule has 0 aliphatic carbocycles. The van der Waals surface area contributed by atoms with Gasteiger partial charge in [-0.05, 0) is 51.2 Å². The quantitative estimate of drug-likeness (QED) is 0.752. The van der Waals surface area contributed by atoms with Gasteiger partial charge in [-0.3, -0.25) is 0 Å². The normalized spacial score (nSPS) is 22.2. The summed E-state index contributed by atoms with van der Waals surface area (Å²) in [5, 5.41) is 3.55. The zero-order valence-corrected chi connectivity index (χ0v) is 10.9. The Labute approximate surface area is 95.4 Å². The van der Waals surface area contributed by atoms with E-state index in [1.165, 1.54) is 32.5 Å². The molecule has 0 amide bonds. The van der Waals surface area contributed by atoms with Gasteiger partial charge >= 0.3 is 0 Å². The SMILES string of the molecule is CCNC(C)C1CCN(CC(C)C)CC1. The van der Waals surface area contributed by atoms with E-state index in [1.54, 1.807) is 0 Å². The number of nitrogens with one attached hydrogen (secondary N) is 1. The van der Waals surface area contributed by atoms with Gasteiger partial charge in [0.05, 0.1) is 0 Å². The lowest BCUT2D eigenvalue weighted by molar-refractivity contribution is 0.150. The molecule has 0 aromatic heterocycles. The maximum Gasteiger partial charge on any atom is 0.00678 e. The number of hydrogen-bond donors (Lipinski definition) is 1. The molecule has 1 unspecified atom stereocenters. The third-order valence-electron chi connectivity index (χ3n) is 3.49. The highest BCUT2D eigenvalue weighted by Crippen LogP contribution is 2.21. The van der Waals surface area contributed by atoms with Gasteiger partial charge in [-0.1, -0.05) is 20.8 Å².